The van der Waals surface area contributed by atoms with Gasteiger partial charge in [-0.1, -0.05) is 6.92 Å². The Hall–Kier alpha value is 0.243. The van der Waals surface area contributed by atoms with E-state index < -0.39 is 0 Å². The number of rotatable bonds is 0. The van der Waals surface area contributed by atoms with Crippen LogP contribution in [0.5, 0.6) is 0 Å². The molecule has 0 aromatic heterocycles. The number of nitrogens with zero attached hydrogens (tertiary/aromatic N) is 3. The molecule has 0 N–H and O–H groups in total. The molecule has 0 fully saturated rings. The van der Waals surface area contributed by atoms with Crippen LogP contribution < -0.4 is 0 Å². The number of hydrogen-bond acceptors (Lipinski definition) is 0. The predicted molar refractivity (Wildman–Crippen MR) is 82.8 cm³/mol. The maximum atomic E-state index is 3.50. The summed E-state index contributed by atoms with van der Waals surface area (Å²) in [4.78, 5) is 0. The molecule has 110 valence electrons. The first-order valence-electron chi connectivity index (χ1n) is 5.61. The van der Waals surface area contributed by atoms with E-state index >= 15 is 0 Å². The maximum Gasteiger partial charge on any atom is 0 e. The summed E-state index contributed by atoms with van der Waals surface area (Å²) < 4.78 is 0. The van der Waals surface area contributed by atoms with Gasteiger partial charge in [0.2, 0.25) is 0 Å². The molecule has 1 rings (SSSR count). The molecule has 0 aromatic carbocycles. The summed E-state index contributed by atoms with van der Waals surface area (Å²) in [6.07, 6.45) is 11.0. The van der Waals surface area contributed by atoms with Crippen LogP contribution in [0.2, 0.25) is 0 Å². The van der Waals surface area contributed by atoms with E-state index in [0.29, 0.717) is 0 Å². The summed E-state index contributed by atoms with van der Waals surface area (Å²) in [5.41, 5.74) is 0. The normalized spacial score (nSPS) is 8.89. The summed E-state index contributed by atoms with van der Waals surface area (Å²) in [6, 6.07) is 0. The minimum Gasteiger partial charge on any atom is -0.668 e. The van der Waals surface area contributed by atoms with Gasteiger partial charge in [-0.3, -0.25) is 6.08 Å². The Kier molecular flexibility index (Phi) is 91.5. The van der Waals surface area contributed by atoms with Gasteiger partial charge in [-0.05, 0) is 0 Å². The second-order valence-corrected chi connectivity index (χ2v) is 2.84. The standard InChI is InChI=1S/C5H5.C3H7.3C2H6N.Zr/c1-2-4-5-3-1;4*1-3-2;/h1-3H,4H2;1,3H2,2H3;3*1-2H3;/q5*-1;. The second-order valence-electron chi connectivity index (χ2n) is 2.84. The molecule has 0 radical (unpaired) electrons. The van der Waals surface area contributed by atoms with E-state index in [1.54, 1.807) is 42.3 Å². The smallest absolute Gasteiger partial charge is 0 e. The van der Waals surface area contributed by atoms with Gasteiger partial charge in [-0.15, -0.1) is 6.42 Å². The molecule has 1 aliphatic rings. The Morgan fingerprint density at radius 1 is 1.00 bits per heavy atom. The third-order valence-corrected chi connectivity index (χ3v) is 0.586. The molecule has 0 amide bonds. The third-order valence-electron chi connectivity index (χ3n) is 0.586. The monoisotopic (exact) mass is 330 g/mol. The van der Waals surface area contributed by atoms with Crippen LogP contribution in [0.1, 0.15) is 19.8 Å². The SMILES string of the molecule is C[N-]C.C[N-]C.C[N-]C.[C-]1=CC=CC1.[CH2-]CC.[Zr]. The van der Waals surface area contributed by atoms with Crippen molar-refractivity contribution in [1.82, 2.24) is 0 Å². The van der Waals surface area contributed by atoms with Crippen molar-refractivity contribution >= 4 is 0 Å². The van der Waals surface area contributed by atoms with Crippen molar-refractivity contribution in [2.45, 2.75) is 19.8 Å². The molecule has 18 heavy (non-hydrogen) atoms. The molecule has 3 nitrogen and oxygen atoms in total. The molecule has 0 spiro atoms. The summed E-state index contributed by atoms with van der Waals surface area (Å²) in [5, 5.41) is 10.5. The van der Waals surface area contributed by atoms with Crippen LogP contribution in [0.25, 0.3) is 16.0 Å². The van der Waals surface area contributed by atoms with E-state index in [1.807, 2.05) is 19.1 Å². The molecule has 0 aromatic rings. The Balaban J connectivity index is -0.0000000398. The van der Waals surface area contributed by atoms with Gasteiger partial charge in [0.05, 0.1) is 0 Å². The van der Waals surface area contributed by atoms with E-state index in [1.165, 1.54) is 0 Å². The Bertz CT molecular complexity index is 108. The van der Waals surface area contributed by atoms with Crippen LogP contribution in [0.3, 0.4) is 0 Å². The summed E-state index contributed by atoms with van der Waals surface area (Å²) in [5.74, 6) is 0. The second kappa shape index (κ2) is 53.2. The number of hydrogen-bond donors (Lipinski definition) is 0. The summed E-state index contributed by atoms with van der Waals surface area (Å²) in [7, 11) is 10.5. The molecule has 0 atom stereocenters. The minimum atomic E-state index is 0. The molecular formula is C14H30N3Zr-5. The van der Waals surface area contributed by atoms with E-state index in [0.717, 1.165) is 12.8 Å². The Morgan fingerprint density at radius 2 is 1.28 bits per heavy atom. The van der Waals surface area contributed by atoms with E-state index in [4.69, 9.17) is 0 Å². The third kappa shape index (κ3) is 137. The van der Waals surface area contributed by atoms with E-state index in [-0.39, 0.29) is 26.2 Å². The van der Waals surface area contributed by atoms with Crippen LogP contribution in [0.4, 0.5) is 0 Å². The van der Waals surface area contributed by atoms with Gasteiger partial charge in [0.15, 0.2) is 0 Å². The van der Waals surface area contributed by atoms with Crippen molar-refractivity contribution in [1.29, 1.82) is 0 Å². The van der Waals surface area contributed by atoms with Gasteiger partial charge in [0, 0.05) is 26.2 Å². The first kappa shape index (κ1) is 30.9. The van der Waals surface area contributed by atoms with Crippen LogP contribution in [0, 0.1) is 13.0 Å². The van der Waals surface area contributed by atoms with Crippen LogP contribution in [-0.2, 0) is 26.2 Å². The average molecular weight is 332 g/mol. The molecule has 0 heterocycles. The van der Waals surface area contributed by atoms with Crippen molar-refractivity contribution in [3.05, 3.63) is 47.2 Å². The van der Waals surface area contributed by atoms with E-state index in [9.17, 15) is 0 Å². The zero-order valence-corrected chi connectivity index (χ0v) is 15.7. The van der Waals surface area contributed by atoms with Gasteiger partial charge >= 0.3 is 0 Å². The van der Waals surface area contributed by atoms with Gasteiger partial charge in [-0.25, -0.2) is 12.2 Å². The van der Waals surface area contributed by atoms with E-state index in [2.05, 4.69) is 35.0 Å². The fourth-order valence-corrected chi connectivity index (χ4v) is 0.340. The predicted octanol–water partition coefficient (Wildman–Crippen LogP) is 4.39. The first-order chi connectivity index (χ1) is 8.16. The van der Waals surface area contributed by atoms with Crippen molar-refractivity contribution in [3.63, 3.8) is 0 Å². The summed E-state index contributed by atoms with van der Waals surface area (Å²) in [6.45, 7) is 5.50. The van der Waals surface area contributed by atoms with Crippen molar-refractivity contribution < 1.29 is 26.2 Å². The van der Waals surface area contributed by atoms with Gasteiger partial charge < -0.3 is 22.9 Å². The van der Waals surface area contributed by atoms with Crippen LogP contribution in [-0.4, -0.2) is 42.3 Å². The zero-order chi connectivity index (χ0) is 14.4. The Morgan fingerprint density at radius 3 is 1.33 bits per heavy atom. The fourth-order valence-electron chi connectivity index (χ4n) is 0.340. The molecular weight excluding hydrogens is 301 g/mol. The van der Waals surface area contributed by atoms with Crippen molar-refractivity contribution in [2.24, 2.45) is 0 Å². The molecule has 0 saturated carbocycles. The number of allylic oxidation sites excluding steroid dienone is 4. The zero-order valence-electron chi connectivity index (χ0n) is 13.2. The molecule has 0 bridgehead atoms. The fraction of sp³-hybridized carbons (Fsp3) is 0.643. The maximum absolute atomic E-state index is 3.50. The van der Waals surface area contributed by atoms with Gasteiger partial charge in [-0.2, -0.15) is 54.8 Å². The molecule has 4 heteroatoms. The van der Waals surface area contributed by atoms with Gasteiger partial charge in [0.25, 0.3) is 0 Å². The Labute approximate surface area is 135 Å². The van der Waals surface area contributed by atoms with Crippen LogP contribution in [0.15, 0.2) is 18.2 Å². The van der Waals surface area contributed by atoms with Crippen LogP contribution >= 0.6 is 0 Å². The topological polar surface area (TPSA) is 42.3 Å². The summed E-state index contributed by atoms with van der Waals surface area (Å²) >= 11 is 0. The van der Waals surface area contributed by atoms with Gasteiger partial charge in [0.1, 0.15) is 0 Å². The van der Waals surface area contributed by atoms with Crippen molar-refractivity contribution in [3.8, 4) is 0 Å². The quantitative estimate of drug-likeness (QED) is 0.591. The van der Waals surface area contributed by atoms with Crippen molar-refractivity contribution in [2.75, 3.05) is 42.3 Å². The molecule has 0 saturated heterocycles. The largest absolute Gasteiger partial charge is 0.668 e. The minimum absolute atomic E-state index is 0. The first-order valence-corrected chi connectivity index (χ1v) is 5.61. The molecule has 0 aliphatic heterocycles. The molecule has 1 aliphatic carbocycles. The molecule has 0 unspecified atom stereocenters. The average Bonchev–Trinajstić information content (AvgIpc) is 2.79.